The fraction of sp³-hybridized carbons (Fsp3) is 0.462. The molecule has 1 fully saturated rings. The van der Waals surface area contributed by atoms with Gasteiger partial charge >= 0.3 is 0 Å². The molecule has 0 amide bonds. The van der Waals surface area contributed by atoms with E-state index in [2.05, 4.69) is 74.4 Å². The lowest BCUT2D eigenvalue weighted by molar-refractivity contribution is 0.00128. The number of aromatic nitrogens is 3. The highest BCUT2D eigenvalue weighted by atomic mass is 16.3. The Morgan fingerprint density at radius 2 is 2.06 bits per heavy atom. The number of rotatable bonds is 6. The third-order valence-electron chi connectivity index (χ3n) is 6.64. The smallest absolute Gasteiger partial charge is 0.159 e. The zero-order chi connectivity index (χ0) is 22.1. The summed E-state index contributed by atoms with van der Waals surface area (Å²) in [5.41, 5.74) is 4.82. The lowest BCUT2D eigenvalue weighted by Crippen LogP contribution is -2.46. The van der Waals surface area contributed by atoms with Gasteiger partial charge in [-0.15, -0.1) is 0 Å². The van der Waals surface area contributed by atoms with E-state index >= 15 is 0 Å². The molecule has 2 atom stereocenters. The molecule has 0 unspecified atom stereocenters. The fourth-order valence-electron chi connectivity index (χ4n) is 4.87. The van der Waals surface area contributed by atoms with Gasteiger partial charge in [-0.05, 0) is 56.3 Å². The van der Waals surface area contributed by atoms with Gasteiger partial charge in [0.15, 0.2) is 5.65 Å². The van der Waals surface area contributed by atoms with Crippen molar-refractivity contribution in [3.05, 3.63) is 71.2 Å². The maximum absolute atomic E-state index is 10.8. The summed E-state index contributed by atoms with van der Waals surface area (Å²) in [6, 6.07) is 11.0. The van der Waals surface area contributed by atoms with E-state index < -0.39 is 5.60 Å². The summed E-state index contributed by atoms with van der Waals surface area (Å²) in [7, 11) is 0. The van der Waals surface area contributed by atoms with Crippen LogP contribution in [-0.2, 0) is 11.8 Å². The Hall–Kier alpha value is -2.50. The van der Waals surface area contributed by atoms with Crippen LogP contribution in [0.1, 0.15) is 69.3 Å². The van der Waals surface area contributed by atoms with Crippen molar-refractivity contribution in [3.63, 3.8) is 0 Å². The van der Waals surface area contributed by atoms with Gasteiger partial charge in [-0.1, -0.05) is 57.2 Å². The highest BCUT2D eigenvalue weighted by molar-refractivity contribution is 5.59. The molecule has 3 aromatic rings. The zero-order valence-electron chi connectivity index (χ0n) is 19.1. The van der Waals surface area contributed by atoms with Crippen LogP contribution in [0, 0.1) is 0 Å². The van der Waals surface area contributed by atoms with Crippen molar-refractivity contribution >= 4 is 11.7 Å². The number of hydrogen-bond acceptors (Lipinski definition) is 4. The van der Waals surface area contributed by atoms with Crippen molar-refractivity contribution in [2.75, 3.05) is 6.54 Å². The molecule has 31 heavy (non-hydrogen) atoms. The van der Waals surface area contributed by atoms with Gasteiger partial charge in [0, 0.05) is 29.4 Å². The molecule has 1 aromatic carbocycles. The number of nitrogens with one attached hydrogen (secondary N) is 1. The van der Waals surface area contributed by atoms with E-state index in [0.29, 0.717) is 12.5 Å². The number of nitrogens with zero attached hydrogens (tertiary/aromatic N) is 3. The first-order chi connectivity index (χ1) is 14.8. The van der Waals surface area contributed by atoms with Crippen molar-refractivity contribution in [3.8, 4) is 0 Å². The van der Waals surface area contributed by atoms with E-state index in [1.165, 1.54) is 11.1 Å². The Bertz CT molecular complexity index is 1070. The van der Waals surface area contributed by atoms with Crippen LogP contribution in [0.15, 0.2) is 48.8 Å². The average Bonchev–Trinajstić information content (AvgIpc) is 3.13. The van der Waals surface area contributed by atoms with Gasteiger partial charge in [-0.2, -0.15) is 5.10 Å². The highest BCUT2D eigenvalue weighted by Gasteiger charge is 2.32. The molecule has 2 aromatic heterocycles. The Morgan fingerprint density at radius 3 is 2.77 bits per heavy atom. The van der Waals surface area contributed by atoms with Crippen LogP contribution in [-0.4, -0.2) is 37.9 Å². The van der Waals surface area contributed by atoms with Crippen molar-refractivity contribution in [1.82, 2.24) is 19.9 Å². The maximum Gasteiger partial charge on any atom is 0.159 e. The van der Waals surface area contributed by atoms with Gasteiger partial charge < -0.3 is 10.4 Å². The lowest BCUT2D eigenvalue weighted by Gasteiger charge is -2.35. The molecular formula is C26H34N4O. The quantitative estimate of drug-likeness (QED) is 0.618. The summed E-state index contributed by atoms with van der Waals surface area (Å²) in [6.07, 6.45) is 11.2. The average molecular weight is 419 g/mol. The van der Waals surface area contributed by atoms with Crippen molar-refractivity contribution < 1.29 is 5.11 Å². The van der Waals surface area contributed by atoms with Crippen molar-refractivity contribution in [2.24, 2.45) is 0 Å². The normalized spacial score (nSPS) is 22.4. The molecule has 1 saturated heterocycles. The third-order valence-corrected chi connectivity index (χ3v) is 6.64. The van der Waals surface area contributed by atoms with E-state index in [0.717, 1.165) is 42.7 Å². The zero-order valence-corrected chi connectivity index (χ0v) is 19.1. The first kappa shape index (κ1) is 21.7. The Morgan fingerprint density at radius 1 is 1.29 bits per heavy atom. The molecule has 1 aliphatic rings. The minimum absolute atomic E-state index is 0.204. The molecule has 0 saturated carbocycles. The van der Waals surface area contributed by atoms with E-state index in [1.807, 2.05) is 23.0 Å². The van der Waals surface area contributed by atoms with Gasteiger partial charge in [0.05, 0.1) is 11.3 Å². The molecule has 5 heteroatoms. The summed E-state index contributed by atoms with van der Waals surface area (Å²) < 4.78 is 1.89. The molecular weight excluding hydrogens is 384 g/mol. The van der Waals surface area contributed by atoms with E-state index in [-0.39, 0.29) is 5.41 Å². The Balaban J connectivity index is 1.54. The van der Waals surface area contributed by atoms with Gasteiger partial charge in [0.1, 0.15) is 0 Å². The number of piperidine rings is 1. The number of benzene rings is 1. The van der Waals surface area contributed by atoms with Crippen LogP contribution in [0.25, 0.3) is 11.7 Å². The molecule has 3 heterocycles. The predicted molar refractivity (Wildman–Crippen MR) is 126 cm³/mol. The van der Waals surface area contributed by atoms with Crippen LogP contribution in [0.2, 0.25) is 0 Å². The Labute approximate surface area is 185 Å². The molecule has 1 aliphatic heterocycles. The van der Waals surface area contributed by atoms with Gasteiger partial charge in [-0.25, -0.2) is 9.50 Å². The highest BCUT2D eigenvalue weighted by Crippen LogP contribution is 2.36. The second-order valence-corrected chi connectivity index (χ2v) is 9.45. The molecule has 0 aliphatic carbocycles. The summed E-state index contributed by atoms with van der Waals surface area (Å²) >= 11 is 0. The summed E-state index contributed by atoms with van der Waals surface area (Å²) in [6.45, 7) is 9.66. The Kier molecular flexibility index (Phi) is 6.00. The van der Waals surface area contributed by atoms with Crippen LogP contribution >= 0.6 is 0 Å². The summed E-state index contributed by atoms with van der Waals surface area (Å²) in [5.74, 6) is 0. The number of hydrogen-bond donors (Lipinski definition) is 2. The van der Waals surface area contributed by atoms with Crippen LogP contribution in [0.4, 0.5) is 0 Å². The second kappa shape index (κ2) is 8.56. The largest absolute Gasteiger partial charge is 0.389 e. The minimum atomic E-state index is -0.587. The number of aryl methyl sites for hydroxylation is 1. The van der Waals surface area contributed by atoms with Gasteiger partial charge in [0.25, 0.3) is 0 Å². The van der Waals surface area contributed by atoms with Crippen molar-refractivity contribution in [1.29, 1.82) is 0 Å². The van der Waals surface area contributed by atoms with Crippen LogP contribution in [0.5, 0.6) is 0 Å². The first-order valence-electron chi connectivity index (χ1n) is 11.4. The van der Waals surface area contributed by atoms with E-state index in [4.69, 9.17) is 5.10 Å². The standard InChI is InChI=1S/C26H34N4O/c1-5-22-23(24-28-15-7-17-30(24)29-22)25(3,4)21-11-9-20(10-12-21)8-6-13-26(31)14-16-27-19(2)18-26/h6-12,15,17,19,27,31H,5,13-14,16,18H2,1-4H3/t19-,26-/m0/s1. The topological polar surface area (TPSA) is 62.5 Å². The second-order valence-electron chi connectivity index (χ2n) is 9.45. The van der Waals surface area contributed by atoms with Gasteiger partial charge in [-0.3, -0.25) is 0 Å². The van der Waals surface area contributed by atoms with E-state index in [1.54, 1.807) is 0 Å². The predicted octanol–water partition coefficient (Wildman–Crippen LogP) is 4.52. The molecule has 4 rings (SSSR count). The SMILES string of the molecule is CCc1nn2cccnc2c1C(C)(C)c1ccc(C=CC[C@]2(O)CCN[C@@H](C)C2)cc1. The molecule has 164 valence electrons. The summed E-state index contributed by atoms with van der Waals surface area (Å²) in [5, 5.41) is 19.0. The van der Waals surface area contributed by atoms with E-state index in [9.17, 15) is 5.11 Å². The molecule has 0 radical (unpaired) electrons. The van der Waals surface area contributed by atoms with Gasteiger partial charge in [0.2, 0.25) is 0 Å². The summed E-state index contributed by atoms with van der Waals surface area (Å²) in [4.78, 5) is 4.62. The van der Waals surface area contributed by atoms with Crippen LogP contribution in [0.3, 0.4) is 0 Å². The monoisotopic (exact) mass is 418 g/mol. The number of fused-ring (bicyclic) bond motifs is 1. The molecule has 0 spiro atoms. The molecule has 0 bridgehead atoms. The first-order valence-corrected chi connectivity index (χ1v) is 11.4. The molecule has 2 N–H and O–H groups in total. The minimum Gasteiger partial charge on any atom is -0.389 e. The lowest BCUT2D eigenvalue weighted by atomic mass is 9.77. The fourth-order valence-corrected chi connectivity index (χ4v) is 4.87. The number of aliphatic hydroxyl groups is 1. The maximum atomic E-state index is 10.8. The third kappa shape index (κ3) is 4.43. The van der Waals surface area contributed by atoms with Crippen LogP contribution < -0.4 is 5.32 Å². The molecule has 5 nitrogen and oxygen atoms in total. The van der Waals surface area contributed by atoms with Crippen molar-refractivity contribution in [2.45, 2.75) is 70.4 Å².